The molecule has 0 radical (unpaired) electrons. The normalized spacial score (nSPS) is 10.9. The standard InChI is InChI=1S/C29H24FIN8O2/c1-17(2)27-26(31)28(39(37-27)20-6-4-18(14-32)5-7-20)36-29(40)35-24-9-8-21(12-23(24)30)41-22-10-11-33-25(13-22)19-15-34-38(3)16-19/h4-13,15-17H,1-3H3,(H2,35,36,40). The molecule has 0 unspecified atom stereocenters. The number of carbonyl (C=O) groups is 1. The van der Waals surface area contributed by atoms with Crippen LogP contribution in [0, 0.1) is 20.7 Å². The lowest BCUT2D eigenvalue weighted by atomic mass is 10.1. The number of carbonyl (C=O) groups excluding carboxylic acids is 1. The summed E-state index contributed by atoms with van der Waals surface area (Å²) < 4.78 is 24.9. The summed E-state index contributed by atoms with van der Waals surface area (Å²) in [6, 6.07) is 15.9. The van der Waals surface area contributed by atoms with E-state index in [1.807, 2.05) is 27.1 Å². The number of benzene rings is 2. The second-order valence-electron chi connectivity index (χ2n) is 9.38. The number of urea groups is 1. The molecule has 2 N–H and O–H groups in total. The highest BCUT2D eigenvalue weighted by molar-refractivity contribution is 14.1. The monoisotopic (exact) mass is 662 g/mol. The highest BCUT2D eigenvalue weighted by atomic mass is 127. The van der Waals surface area contributed by atoms with Crippen molar-refractivity contribution in [1.82, 2.24) is 24.5 Å². The molecule has 0 bridgehead atoms. The fourth-order valence-corrected chi connectivity index (χ4v) is 5.09. The van der Waals surface area contributed by atoms with Gasteiger partial charge in [0.2, 0.25) is 0 Å². The molecule has 0 aliphatic rings. The quantitative estimate of drug-likeness (QED) is 0.184. The number of nitrogens with zero attached hydrogens (tertiary/aromatic N) is 6. The van der Waals surface area contributed by atoms with Crippen molar-refractivity contribution in [3.8, 4) is 34.5 Å². The van der Waals surface area contributed by atoms with Crippen molar-refractivity contribution in [1.29, 1.82) is 5.26 Å². The summed E-state index contributed by atoms with van der Waals surface area (Å²) in [6.07, 6.45) is 5.13. The molecule has 5 rings (SSSR count). The van der Waals surface area contributed by atoms with Gasteiger partial charge in [0, 0.05) is 37.1 Å². The molecule has 0 fully saturated rings. The van der Waals surface area contributed by atoms with Crippen LogP contribution in [0.5, 0.6) is 11.5 Å². The molecular weight excluding hydrogens is 638 g/mol. The number of pyridine rings is 1. The summed E-state index contributed by atoms with van der Waals surface area (Å²) in [5.41, 5.74) is 3.43. The van der Waals surface area contributed by atoms with Gasteiger partial charge in [-0.15, -0.1) is 0 Å². The predicted octanol–water partition coefficient (Wildman–Crippen LogP) is 6.84. The van der Waals surface area contributed by atoms with Crippen LogP contribution in [0.3, 0.4) is 0 Å². The lowest BCUT2D eigenvalue weighted by Crippen LogP contribution is -2.22. The second kappa shape index (κ2) is 11.8. The smallest absolute Gasteiger partial charge is 0.324 e. The summed E-state index contributed by atoms with van der Waals surface area (Å²) >= 11 is 2.13. The molecule has 0 saturated carbocycles. The van der Waals surface area contributed by atoms with E-state index in [1.54, 1.807) is 64.2 Å². The molecule has 0 aliphatic heterocycles. The third-order valence-corrected chi connectivity index (χ3v) is 7.09. The zero-order chi connectivity index (χ0) is 29.1. The number of halogens is 2. The van der Waals surface area contributed by atoms with Crippen LogP contribution in [0.1, 0.15) is 31.0 Å². The van der Waals surface area contributed by atoms with E-state index in [4.69, 9.17) is 10.00 Å². The lowest BCUT2D eigenvalue weighted by Gasteiger charge is -2.12. The van der Waals surface area contributed by atoms with Crippen LogP contribution in [-0.2, 0) is 7.05 Å². The van der Waals surface area contributed by atoms with Gasteiger partial charge < -0.3 is 10.1 Å². The van der Waals surface area contributed by atoms with Crippen molar-refractivity contribution in [2.45, 2.75) is 19.8 Å². The summed E-state index contributed by atoms with van der Waals surface area (Å²) in [5.74, 6) is 0.586. The zero-order valence-electron chi connectivity index (χ0n) is 22.3. The van der Waals surface area contributed by atoms with E-state index in [-0.39, 0.29) is 17.4 Å². The third kappa shape index (κ3) is 6.20. The number of amides is 2. The molecule has 206 valence electrons. The van der Waals surface area contributed by atoms with E-state index in [0.29, 0.717) is 28.5 Å². The highest BCUT2D eigenvalue weighted by Crippen LogP contribution is 2.31. The molecule has 3 aromatic heterocycles. The SMILES string of the molecule is CC(C)c1nn(-c2ccc(C#N)cc2)c(NC(=O)Nc2ccc(Oc3ccnc(-c4cnn(C)c4)c3)cc2F)c1I. The van der Waals surface area contributed by atoms with Crippen LogP contribution < -0.4 is 15.4 Å². The number of rotatable bonds is 7. The van der Waals surface area contributed by atoms with Gasteiger partial charge in [-0.2, -0.15) is 15.5 Å². The van der Waals surface area contributed by atoms with Crippen molar-refractivity contribution in [2.75, 3.05) is 10.6 Å². The van der Waals surface area contributed by atoms with Crippen LogP contribution in [0.15, 0.2) is 73.2 Å². The van der Waals surface area contributed by atoms with E-state index >= 15 is 4.39 Å². The van der Waals surface area contributed by atoms with E-state index in [9.17, 15) is 4.79 Å². The number of aromatic nitrogens is 5. The minimum atomic E-state index is -0.669. The molecule has 0 spiro atoms. The topological polar surface area (TPSA) is 123 Å². The third-order valence-electron chi connectivity index (χ3n) is 6.03. The van der Waals surface area contributed by atoms with Gasteiger partial charge in [0.05, 0.1) is 44.2 Å². The minimum Gasteiger partial charge on any atom is -0.457 e. The number of hydrogen-bond acceptors (Lipinski definition) is 6. The van der Waals surface area contributed by atoms with Gasteiger partial charge in [-0.25, -0.2) is 13.9 Å². The molecule has 0 atom stereocenters. The second-order valence-corrected chi connectivity index (χ2v) is 10.5. The number of nitrogens with one attached hydrogen (secondary N) is 2. The first-order chi connectivity index (χ1) is 19.7. The number of nitriles is 1. The molecule has 5 aromatic rings. The number of hydrogen-bond donors (Lipinski definition) is 2. The van der Waals surface area contributed by atoms with Crippen molar-refractivity contribution in [3.63, 3.8) is 0 Å². The molecule has 2 amide bonds. The Kier molecular flexibility index (Phi) is 7.97. The Balaban J connectivity index is 1.32. The molecule has 12 heteroatoms. The number of aryl methyl sites for hydroxylation is 1. The van der Waals surface area contributed by atoms with Gasteiger partial charge in [-0.1, -0.05) is 13.8 Å². The summed E-state index contributed by atoms with van der Waals surface area (Å²) in [6.45, 7) is 4.00. The molecule has 10 nitrogen and oxygen atoms in total. The van der Waals surface area contributed by atoms with Crippen molar-refractivity contribution in [2.24, 2.45) is 7.05 Å². The maximum atomic E-state index is 15.0. The van der Waals surface area contributed by atoms with Crippen molar-refractivity contribution >= 4 is 40.1 Å². The van der Waals surface area contributed by atoms with Gasteiger partial charge in [-0.05, 0) is 71.0 Å². The Morgan fingerprint density at radius 2 is 1.85 bits per heavy atom. The first-order valence-corrected chi connectivity index (χ1v) is 13.6. The lowest BCUT2D eigenvalue weighted by molar-refractivity contribution is 0.262. The van der Waals surface area contributed by atoms with Gasteiger partial charge in [-0.3, -0.25) is 15.0 Å². The molecule has 41 heavy (non-hydrogen) atoms. The largest absolute Gasteiger partial charge is 0.457 e. The van der Waals surface area contributed by atoms with Gasteiger partial charge in [0.15, 0.2) is 5.82 Å². The van der Waals surface area contributed by atoms with Gasteiger partial charge >= 0.3 is 6.03 Å². The molecular formula is C29H24FIN8O2. The molecule has 0 saturated heterocycles. The number of ether oxygens (including phenoxy) is 1. The van der Waals surface area contributed by atoms with Gasteiger partial charge in [0.25, 0.3) is 0 Å². The summed E-state index contributed by atoms with van der Waals surface area (Å²) in [7, 11) is 1.82. The zero-order valence-corrected chi connectivity index (χ0v) is 24.4. The van der Waals surface area contributed by atoms with E-state index < -0.39 is 11.8 Å². The van der Waals surface area contributed by atoms with Crippen LogP contribution in [0.4, 0.5) is 20.7 Å². The molecule has 3 heterocycles. The Bertz CT molecular complexity index is 1770. The predicted molar refractivity (Wildman–Crippen MR) is 161 cm³/mol. The van der Waals surface area contributed by atoms with Crippen molar-refractivity contribution in [3.05, 3.63) is 93.8 Å². The molecule has 2 aromatic carbocycles. The van der Waals surface area contributed by atoms with Crippen LogP contribution in [0.25, 0.3) is 16.9 Å². The van der Waals surface area contributed by atoms with Crippen LogP contribution in [0.2, 0.25) is 0 Å². The average molecular weight is 662 g/mol. The summed E-state index contributed by atoms with van der Waals surface area (Å²) in [5, 5.41) is 23.3. The number of anilines is 2. The van der Waals surface area contributed by atoms with E-state index in [0.717, 1.165) is 14.8 Å². The van der Waals surface area contributed by atoms with E-state index in [1.165, 1.54) is 12.1 Å². The van der Waals surface area contributed by atoms with Crippen LogP contribution in [-0.4, -0.2) is 30.6 Å². The maximum absolute atomic E-state index is 15.0. The van der Waals surface area contributed by atoms with Gasteiger partial charge in [0.1, 0.15) is 17.3 Å². The van der Waals surface area contributed by atoms with Crippen LogP contribution >= 0.6 is 22.6 Å². The molecule has 0 aliphatic carbocycles. The van der Waals surface area contributed by atoms with E-state index in [2.05, 4.69) is 54.5 Å². The summed E-state index contributed by atoms with van der Waals surface area (Å²) in [4.78, 5) is 17.3. The average Bonchev–Trinajstić information content (AvgIpc) is 3.53. The highest BCUT2D eigenvalue weighted by Gasteiger charge is 2.21. The Labute approximate surface area is 248 Å². The first kappa shape index (κ1) is 27.8. The van der Waals surface area contributed by atoms with Crippen molar-refractivity contribution < 1.29 is 13.9 Å². The Morgan fingerprint density at radius 3 is 2.51 bits per heavy atom. The maximum Gasteiger partial charge on any atom is 0.324 e. The first-order valence-electron chi connectivity index (χ1n) is 12.5. The fourth-order valence-electron chi connectivity index (χ4n) is 4.00. The Morgan fingerprint density at radius 1 is 1.10 bits per heavy atom. The fraction of sp³-hybridized carbons (Fsp3) is 0.138. The Hall–Kier alpha value is -4.77. The minimum absolute atomic E-state index is 0.0239.